The average Bonchev–Trinajstić information content (AvgIpc) is 3.44. The predicted octanol–water partition coefficient (Wildman–Crippen LogP) is 3.05. The van der Waals surface area contributed by atoms with E-state index in [1.165, 1.54) is 0 Å². The Balaban J connectivity index is 1.64. The van der Waals surface area contributed by atoms with E-state index in [1.807, 2.05) is 72.8 Å². The smallest absolute Gasteiger partial charge is 0.377 e. The Labute approximate surface area is 236 Å². The summed E-state index contributed by atoms with van der Waals surface area (Å²) in [6, 6.07) is 22.2. The third kappa shape index (κ3) is 6.59. The highest BCUT2D eigenvalue weighted by Gasteiger charge is 2.58. The van der Waals surface area contributed by atoms with E-state index in [0.29, 0.717) is 12.8 Å². The molecule has 2 aromatic carbocycles. The molecule has 1 amide bonds. The van der Waals surface area contributed by atoms with Gasteiger partial charge in [0, 0.05) is 23.7 Å². The average molecular weight is 563 g/mol. The molecular formula is C30H30N2O9. The van der Waals surface area contributed by atoms with Crippen LogP contribution in [0.5, 0.6) is 0 Å². The maximum absolute atomic E-state index is 13.6. The van der Waals surface area contributed by atoms with Gasteiger partial charge in [-0.1, -0.05) is 60.7 Å². The molecular weight excluding hydrogens is 532 g/mol. The summed E-state index contributed by atoms with van der Waals surface area (Å²) in [5, 5.41) is 28.5. The number of pyridine rings is 1. The minimum absolute atomic E-state index is 0.345. The molecule has 4 rings (SSSR count). The van der Waals surface area contributed by atoms with E-state index in [0.717, 1.165) is 27.3 Å². The van der Waals surface area contributed by atoms with Crippen molar-refractivity contribution in [1.29, 1.82) is 0 Å². The van der Waals surface area contributed by atoms with Crippen LogP contribution in [0.25, 0.3) is 11.3 Å². The molecule has 214 valence electrons. The second-order valence-electron chi connectivity index (χ2n) is 9.71. The van der Waals surface area contributed by atoms with Crippen LogP contribution in [0, 0.1) is 0 Å². The number of aromatic nitrogens is 1. The lowest BCUT2D eigenvalue weighted by molar-refractivity contribution is -0.218. The van der Waals surface area contributed by atoms with Crippen molar-refractivity contribution in [2.45, 2.75) is 43.6 Å². The number of amides is 1. The van der Waals surface area contributed by atoms with Gasteiger partial charge in [0.1, 0.15) is 6.54 Å². The summed E-state index contributed by atoms with van der Waals surface area (Å²) >= 11 is 0. The van der Waals surface area contributed by atoms with Crippen LogP contribution in [-0.2, 0) is 35.1 Å². The number of aryl methyl sites for hydroxylation is 1. The van der Waals surface area contributed by atoms with Crippen LogP contribution < -0.4 is 0 Å². The van der Waals surface area contributed by atoms with Crippen LogP contribution in [0.1, 0.15) is 30.4 Å². The summed E-state index contributed by atoms with van der Waals surface area (Å²) in [5.74, 6) is -9.41. The lowest BCUT2D eigenvalue weighted by Crippen LogP contribution is -2.52. The summed E-state index contributed by atoms with van der Waals surface area (Å²) in [6.07, 6.45) is 1.26. The van der Waals surface area contributed by atoms with Crippen molar-refractivity contribution in [3.63, 3.8) is 0 Å². The van der Waals surface area contributed by atoms with Gasteiger partial charge in [0.25, 0.3) is 5.91 Å². The number of carbonyl (C=O) groups excluding carboxylic acids is 1. The Hall–Kier alpha value is -4.61. The minimum Gasteiger partial charge on any atom is -0.480 e. The number of hydrogen-bond donors (Lipinski definition) is 3. The highest BCUT2D eigenvalue weighted by atomic mass is 16.8. The van der Waals surface area contributed by atoms with Crippen molar-refractivity contribution in [3.05, 3.63) is 90.1 Å². The van der Waals surface area contributed by atoms with E-state index in [1.54, 1.807) is 13.1 Å². The van der Waals surface area contributed by atoms with E-state index < -0.39 is 54.9 Å². The number of benzene rings is 2. The van der Waals surface area contributed by atoms with E-state index >= 15 is 0 Å². The first-order chi connectivity index (χ1) is 19.6. The number of carbonyl (C=O) groups is 4. The van der Waals surface area contributed by atoms with Crippen molar-refractivity contribution < 1.29 is 44.0 Å². The largest absolute Gasteiger partial charge is 0.480 e. The first kappa shape index (κ1) is 29.4. The summed E-state index contributed by atoms with van der Waals surface area (Å²) in [6.45, 7) is 0.342. The fourth-order valence-corrected chi connectivity index (χ4v) is 4.96. The molecule has 0 aliphatic carbocycles. The Morgan fingerprint density at radius 1 is 0.951 bits per heavy atom. The van der Waals surface area contributed by atoms with E-state index in [2.05, 4.69) is 4.98 Å². The van der Waals surface area contributed by atoms with Gasteiger partial charge in [-0.05, 0) is 43.0 Å². The maximum atomic E-state index is 13.6. The van der Waals surface area contributed by atoms with Gasteiger partial charge in [0.2, 0.25) is 0 Å². The van der Waals surface area contributed by atoms with E-state index in [4.69, 9.17) is 9.47 Å². The lowest BCUT2D eigenvalue weighted by Gasteiger charge is -2.35. The molecule has 1 fully saturated rings. The second-order valence-corrected chi connectivity index (χ2v) is 9.71. The molecule has 3 atom stereocenters. The number of aliphatic carboxylic acids is 3. The first-order valence-electron chi connectivity index (χ1n) is 13.0. The highest BCUT2D eigenvalue weighted by molar-refractivity contribution is 6.01. The van der Waals surface area contributed by atoms with Crippen molar-refractivity contribution in [2.24, 2.45) is 0 Å². The number of rotatable bonds is 12. The van der Waals surface area contributed by atoms with Gasteiger partial charge < -0.3 is 29.7 Å². The van der Waals surface area contributed by atoms with Crippen LogP contribution in [0.4, 0.5) is 0 Å². The van der Waals surface area contributed by atoms with Crippen molar-refractivity contribution in [2.75, 3.05) is 13.2 Å². The molecule has 3 unspecified atom stereocenters. The standard InChI is InChI=1S/C30H30N2O9/c1-19(32(17-26(33)34)27(35)25-18-40-30(41-25,28(36)37)29(38)39)23(15-10-20-7-3-2-4-8-20)21-11-13-22(14-12-21)24-9-5-6-16-31-24/h2-9,11-14,16,19,23,25H,10,15,17-18H2,1H3,(H,33,34)(H,36,37)(H,38,39). The van der Waals surface area contributed by atoms with Gasteiger partial charge in [-0.15, -0.1) is 0 Å². The maximum Gasteiger partial charge on any atom is 0.377 e. The molecule has 0 bridgehead atoms. The van der Waals surface area contributed by atoms with Gasteiger partial charge in [-0.3, -0.25) is 14.6 Å². The SMILES string of the molecule is CC(C(CCc1ccccc1)c1ccc(-c2ccccn2)cc1)N(CC(=O)O)C(=O)C1COC(C(=O)O)(C(=O)O)O1. The fraction of sp³-hybridized carbons (Fsp3) is 0.300. The Morgan fingerprint density at radius 3 is 2.17 bits per heavy atom. The molecule has 3 aromatic rings. The quantitative estimate of drug-likeness (QED) is 0.280. The lowest BCUT2D eigenvalue weighted by atomic mass is 9.85. The van der Waals surface area contributed by atoms with Gasteiger partial charge in [0.15, 0.2) is 6.10 Å². The zero-order chi connectivity index (χ0) is 29.6. The number of hydrogen-bond acceptors (Lipinski definition) is 7. The molecule has 1 aliphatic heterocycles. The van der Waals surface area contributed by atoms with Gasteiger partial charge in [0.05, 0.1) is 12.3 Å². The second kappa shape index (κ2) is 12.7. The molecule has 1 saturated heterocycles. The zero-order valence-electron chi connectivity index (χ0n) is 22.3. The number of ether oxygens (including phenoxy) is 2. The molecule has 41 heavy (non-hydrogen) atoms. The summed E-state index contributed by atoms with van der Waals surface area (Å²) in [7, 11) is 0. The third-order valence-electron chi connectivity index (χ3n) is 7.13. The van der Waals surface area contributed by atoms with Crippen LogP contribution in [0.2, 0.25) is 0 Å². The fourth-order valence-electron chi connectivity index (χ4n) is 4.96. The van der Waals surface area contributed by atoms with Crippen molar-refractivity contribution >= 4 is 23.8 Å². The molecule has 1 aromatic heterocycles. The molecule has 3 N–H and O–H groups in total. The van der Waals surface area contributed by atoms with Crippen LogP contribution >= 0.6 is 0 Å². The molecule has 11 heteroatoms. The van der Waals surface area contributed by atoms with E-state index in [9.17, 15) is 34.5 Å². The number of carboxylic acids is 3. The molecule has 1 aliphatic rings. The topological polar surface area (TPSA) is 164 Å². The van der Waals surface area contributed by atoms with Crippen LogP contribution in [-0.4, -0.2) is 80.1 Å². The molecule has 0 spiro atoms. The van der Waals surface area contributed by atoms with E-state index in [-0.39, 0.29) is 5.92 Å². The van der Waals surface area contributed by atoms with Gasteiger partial charge in [-0.2, -0.15) is 0 Å². The first-order valence-corrected chi connectivity index (χ1v) is 13.0. The Kier molecular flexibility index (Phi) is 9.10. The normalized spacial score (nSPS) is 17.3. The predicted molar refractivity (Wildman–Crippen MR) is 145 cm³/mol. The summed E-state index contributed by atoms with van der Waals surface area (Å²) in [5.41, 5.74) is 3.59. The molecule has 2 heterocycles. The Bertz CT molecular complexity index is 1370. The monoisotopic (exact) mass is 562 g/mol. The third-order valence-corrected chi connectivity index (χ3v) is 7.13. The zero-order valence-corrected chi connectivity index (χ0v) is 22.3. The van der Waals surface area contributed by atoms with Gasteiger partial charge in [-0.25, -0.2) is 9.59 Å². The van der Waals surface area contributed by atoms with Crippen LogP contribution in [0.15, 0.2) is 79.0 Å². The summed E-state index contributed by atoms with van der Waals surface area (Å²) in [4.78, 5) is 54.1. The number of nitrogens with zero attached hydrogens (tertiary/aromatic N) is 2. The number of carboxylic acid groups (broad SMARTS) is 3. The summed E-state index contributed by atoms with van der Waals surface area (Å²) < 4.78 is 10.0. The molecule has 11 nitrogen and oxygen atoms in total. The Morgan fingerprint density at radius 2 is 1.61 bits per heavy atom. The van der Waals surface area contributed by atoms with Crippen molar-refractivity contribution in [3.8, 4) is 11.3 Å². The minimum atomic E-state index is -3.05. The van der Waals surface area contributed by atoms with Gasteiger partial charge >= 0.3 is 23.7 Å². The van der Waals surface area contributed by atoms with Crippen LogP contribution in [0.3, 0.4) is 0 Å². The van der Waals surface area contributed by atoms with Crippen molar-refractivity contribution in [1.82, 2.24) is 9.88 Å². The molecule has 0 saturated carbocycles. The highest BCUT2D eigenvalue weighted by Crippen LogP contribution is 2.32. The molecule has 0 radical (unpaired) electrons.